The van der Waals surface area contributed by atoms with Gasteiger partial charge in [-0.25, -0.2) is 0 Å². The van der Waals surface area contributed by atoms with E-state index in [-0.39, 0.29) is 48.2 Å². The number of halogens is 3. The van der Waals surface area contributed by atoms with Crippen LogP contribution in [-0.4, -0.2) is 76.6 Å². The van der Waals surface area contributed by atoms with Gasteiger partial charge in [0.15, 0.2) is 0 Å². The van der Waals surface area contributed by atoms with Crippen LogP contribution >= 0.6 is 0 Å². The maximum atomic E-state index is 12.8. The van der Waals surface area contributed by atoms with Crippen molar-refractivity contribution in [2.45, 2.75) is 95.6 Å². The highest BCUT2D eigenvalue weighted by atomic mass is 19.4. The molecular formula is C40H51F3N4O6. The molecule has 2 aliphatic heterocycles. The standard InChI is InChI=1S/C24H27F3N2O4.C16H24N2O2/c1-22(2,3)16-8-10-17(11-9-16)28-21(31)23(32)12-14-29(15-13-23)20(30)18-6-4-5-7-19(18)33-24(25,26)27;1-15(2,3)12-4-6-13(7-5-12)18-14(19)16(20)8-10-17-11-9-16/h4-11,32H,12-15H2,1-3H3,(H,28,31);4-7,17,20H,8-11H2,1-3H3,(H,18,19). The van der Waals surface area contributed by atoms with Gasteiger partial charge in [-0.05, 0) is 84.3 Å². The normalized spacial score (nSPS) is 17.2. The quantitative estimate of drug-likeness (QED) is 0.194. The van der Waals surface area contributed by atoms with Crippen molar-refractivity contribution >= 4 is 29.1 Å². The Morgan fingerprint density at radius 3 is 1.51 bits per heavy atom. The summed E-state index contributed by atoms with van der Waals surface area (Å²) in [7, 11) is 0. The van der Waals surface area contributed by atoms with Crippen LogP contribution in [0.25, 0.3) is 0 Å². The number of rotatable bonds is 6. The number of ether oxygens (including phenoxy) is 1. The number of amides is 3. The Labute approximate surface area is 309 Å². The Bertz CT molecular complexity index is 1720. The van der Waals surface area contributed by atoms with Crippen LogP contribution in [-0.2, 0) is 20.4 Å². The highest BCUT2D eigenvalue weighted by Crippen LogP contribution is 2.31. The number of anilines is 2. The van der Waals surface area contributed by atoms with Crippen LogP contribution in [0.4, 0.5) is 24.5 Å². The van der Waals surface area contributed by atoms with E-state index < -0.39 is 35.1 Å². The van der Waals surface area contributed by atoms with Gasteiger partial charge in [0.05, 0.1) is 5.56 Å². The van der Waals surface area contributed by atoms with Gasteiger partial charge in [-0.1, -0.05) is 77.9 Å². The lowest BCUT2D eigenvalue weighted by Crippen LogP contribution is -2.52. The highest BCUT2D eigenvalue weighted by molar-refractivity contribution is 5.99. The molecule has 0 radical (unpaired) electrons. The topological polar surface area (TPSA) is 140 Å². The zero-order chi connectivity index (χ0) is 39.2. The monoisotopic (exact) mass is 740 g/mol. The Kier molecular flexibility index (Phi) is 12.7. The minimum atomic E-state index is -4.93. The number of nitrogens with zero attached hydrogens (tertiary/aromatic N) is 1. The maximum Gasteiger partial charge on any atom is 0.573 e. The van der Waals surface area contributed by atoms with E-state index in [0.29, 0.717) is 31.6 Å². The number of alkyl halides is 3. The summed E-state index contributed by atoms with van der Waals surface area (Å²) >= 11 is 0. The number of hydrogen-bond acceptors (Lipinski definition) is 7. The molecule has 13 heteroatoms. The van der Waals surface area contributed by atoms with Crippen molar-refractivity contribution in [1.82, 2.24) is 10.2 Å². The molecule has 0 unspecified atom stereocenters. The van der Waals surface area contributed by atoms with E-state index in [2.05, 4.69) is 62.2 Å². The molecule has 0 saturated carbocycles. The summed E-state index contributed by atoms with van der Waals surface area (Å²) in [5, 5.41) is 29.8. The van der Waals surface area contributed by atoms with Gasteiger partial charge < -0.3 is 35.8 Å². The predicted molar refractivity (Wildman–Crippen MR) is 198 cm³/mol. The number of aliphatic hydroxyl groups is 2. The van der Waals surface area contributed by atoms with Crippen molar-refractivity contribution in [3.8, 4) is 5.75 Å². The lowest BCUT2D eigenvalue weighted by atomic mass is 9.87. The summed E-state index contributed by atoms with van der Waals surface area (Å²) in [5.74, 6) is -2.14. The van der Waals surface area contributed by atoms with Gasteiger partial charge in [-0.15, -0.1) is 13.2 Å². The number of carbonyl (C=O) groups is 3. The van der Waals surface area contributed by atoms with Gasteiger partial charge in [0.25, 0.3) is 17.7 Å². The van der Waals surface area contributed by atoms with Gasteiger partial charge >= 0.3 is 6.36 Å². The van der Waals surface area contributed by atoms with Crippen molar-refractivity contribution in [1.29, 1.82) is 0 Å². The van der Waals surface area contributed by atoms with Crippen LogP contribution in [0.2, 0.25) is 0 Å². The zero-order valence-corrected chi connectivity index (χ0v) is 31.2. The molecular weight excluding hydrogens is 689 g/mol. The molecule has 0 aromatic heterocycles. The fraction of sp³-hybridized carbons (Fsp3) is 0.475. The molecule has 5 rings (SSSR count). The van der Waals surface area contributed by atoms with Gasteiger partial charge in [0.2, 0.25) is 0 Å². The first-order valence-corrected chi connectivity index (χ1v) is 17.7. The predicted octanol–water partition coefficient (Wildman–Crippen LogP) is 6.53. The van der Waals surface area contributed by atoms with E-state index in [9.17, 15) is 37.8 Å². The fourth-order valence-corrected chi connectivity index (χ4v) is 6.00. The molecule has 53 heavy (non-hydrogen) atoms. The molecule has 288 valence electrons. The summed E-state index contributed by atoms with van der Waals surface area (Å²) in [4.78, 5) is 39.0. The van der Waals surface area contributed by atoms with Crippen LogP contribution in [0.15, 0.2) is 72.8 Å². The first-order chi connectivity index (χ1) is 24.6. The lowest BCUT2D eigenvalue weighted by molar-refractivity contribution is -0.274. The number of piperidine rings is 2. The summed E-state index contributed by atoms with van der Waals surface area (Å²) in [6.07, 6.45) is -4.11. The molecule has 0 atom stereocenters. The van der Waals surface area contributed by atoms with Gasteiger partial charge in [0.1, 0.15) is 17.0 Å². The minimum Gasteiger partial charge on any atom is -0.405 e. The third-order valence-corrected chi connectivity index (χ3v) is 9.51. The van der Waals surface area contributed by atoms with Gasteiger partial charge in [0, 0.05) is 37.3 Å². The van der Waals surface area contributed by atoms with Gasteiger partial charge in [-0.3, -0.25) is 14.4 Å². The van der Waals surface area contributed by atoms with Crippen LogP contribution in [0.1, 0.15) is 88.7 Å². The third-order valence-electron chi connectivity index (χ3n) is 9.51. The molecule has 5 N–H and O–H groups in total. The molecule has 2 aliphatic rings. The van der Waals surface area contributed by atoms with Crippen LogP contribution < -0.4 is 20.7 Å². The van der Waals surface area contributed by atoms with Gasteiger partial charge in [-0.2, -0.15) is 0 Å². The van der Waals surface area contributed by atoms with Crippen molar-refractivity contribution in [3.05, 3.63) is 89.5 Å². The molecule has 0 spiro atoms. The summed E-state index contributed by atoms with van der Waals surface area (Å²) in [5.41, 5.74) is 0.475. The van der Waals surface area contributed by atoms with Crippen molar-refractivity contribution in [3.63, 3.8) is 0 Å². The van der Waals surface area contributed by atoms with Crippen molar-refractivity contribution < 1.29 is 42.5 Å². The fourth-order valence-electron chi connectivity index (χ4n) is 6.00. The first-order valence-electron chi connectivity index (χ1n) is 17.7. The number of likely N-dealkylation sites (tertiary alicyclic amines) is 1. The van der Waals surface area contributed by atoms with Crippen LogP contribution in [0, 0.1) is 0 Å². The zero-order valence-electron chi connectivity index (χ0n) is 31.2. The Morgan fingerprint density at radius 1 is 0.679 bits per heavy atom. The number of para-hydroxylation sites is 1. The SMILES string of the molecule is CC(C)(C)c1ccc(NC(=O)C2(O)CCN(C(=O)c3ccccc3OC(F)(F)F)CC2)cc1.CC(C)(C)c1ccc(NC(=O)C2(O)CCNCC2)cc1. The van der Waals surface area contributed by atoms with E-state index in [4.69, 9.17) is 0 Å². The number of nitrogens with one attached hydrogen (secondary N) is 3. The summed E-state index contributed by atoms with van der Waals surface area (Å²) in [6.45, 7) is 14.0. The lowest BCUT2D eigenvalue weighted by Gasteiger charge is -2.37. The van der Waals surface area contributed by atoms with Crippen LogP contribution in [0.3, 0.4) is 0 Å². The van der Waals surface area contributed by atoms with E-state index in [1.54, 1.807) is 12.1 Å². The Hall–Kier alpha value is -4.46. The molecule has 2 fully saturated rings. The minimum absolute atomic E-state index is 0.00602. The maximum absolute atomic E-state index is 12.8. The second kappa shape index (κ2) is 16.3. The van der Waals surface area contributed by atoms with E-state index in [1.165, 1.54) is 28.7 Å². The average molecular weight is 741 g/mol. The molecule has 10 nitrogen and oxygen atoms in total. The molecule has 0 bridgehead atoms. The molecule has 2 saturated heterocycles. The van der Waals surface area contributed by atoms with E-state index in [0.717, 1.165) is 17.3 Å². The van der Waals surface area contributed by atoms with E-state index >= 15 is 0 Å². The molecule has 3 aromatic rings. The van der Waals surface area contributed by atoms with Crippen LogP contribution in [0.5, 0.6) is 5.75 Å². The second-order valence-corrected chi connectivity index (χ2v) is 15.7. The van der Waals surface area contributed by atoms with Crippen molar-refractivity contribution in [2.75, 3.05) is 36.8 Å². The number of benzene rings is 3. The molecule has 0 aliphatic carbocycles. The molecule has 3 aromatic carbocycles. The molecule has 3 amide bonds. The Morgan fingerprint density at radius 2 is 1.09 bits per heavy atom. The highest BCUT2D eigenvalue weighted by Gasteiger charge is 2.42. The third kappa shape index (κ3) is 11.3. The Balaban J connectivity index is 0.000000267. The largest absolute Gasteiger partial charge is 0.573 e. The number of hydrogen-bond donors (Lipinski definition) is 5. The summed E-state index contributed by atoms with van der Waals surface area (Å²) in [6, 6.07) is 20.2. The summed E-state index contributed by atoms with van der Waals surface area (Å²) < 4.78 is 41.9. The van der Waals surface area contributed by atoms with E-state index in [1.807, 2.05) is 36.4 Å². The number of carbonyl (C=O) groups excluding carboxylic acids is 3. The molecule has 2 heterocycles. The average Bonchev–Trinajstić information content (AvgIpc) is 3.08. The smallest absolute Gasteiger partial charge is 0.405 e. The second-order valence-electron chi connectivity index (χ2n) is 15.7. The first kappa shape index (κ1) is 41.3. The van der Waals surface area contributed by atoms with Crippen molar-refractivity contribution in [2.24, 2.45) is 0 Å².